The fraction of sp³-hybridized carbons (Fsp3) is 0.346. The number of nitrogens with zero attached hydrogens (tertiary/aromatic N) is 2. The quantitative estimate of drug-likeness (QED) is 0.381. The van der Waals surface area contributed by atoms with Crippen molar-refractivity contribution in [2.24, 2.45) is 10.1 Å². The van der Waals surface area contributed by atoms with Crippen LogP contribution in [0, 0.1) is 20.8 Å². The van der Waals surface area contributed by atoms with E-state index in [1.807, 2.05) is 31.2 Å². The number of fused-ring (bicyclic) bond motifs is 1. The third-order valence-electron chi connectivity index (χ3n) is 6.31. The Bertz CT molecular complexity index is 1370. The van der Waals surface area contributed by atoms with E-state index in [1.54, 1.807) is 19.9 Å². The van der Waals surface area contributed by atoms with Crippen molar-refractivity contribution in [3.8, 4) is 0 Å². The molecule has 4 rings (SSSR count). The second-order valence-corrected chi connectivity index (χ2v) is 10.8. The summed E-state index contributed by atoms with van der Waals surface area (Å²) in [7, 11) is -2.09. The number of ketones is 1. The van der Waals surface area contributed by atoms with Gasteiger partial charge in [-0.2, -0.15) is 0 Å². The highest BCUT2D eigenvalue weighted by Gasteiger charge is 2.34. The first-order valence-corrected chi connectivity index (χ1v) is 12.9. The number of allylic oxidation sites excluding steroid dienone is 1. The highest BCUT2D eigenvalue weighted by atomic mass is 32.2. The Labute approximate surface area is 199 Å². The van der Waals surface area contributed by atoms with Crippen molar-refractivity contribution in [3.05, 3.63) is 63.7 Å². The minimum atomic E-state index is -3.50. The summed E-state index contributed by atoms with van der Waals surface area (Å²) in [6, 6.07) is 9.28. The minimum absolute atomic E-state index is 0.0548. The van der Waals surface area contributed by atoms with Crippen LogP contribution in [0.1, 0.15) is 53.5 Å². The summed E-state index contributed by atoms with van der Waals surface area (Å²) in [6.45, 7) is 5.41. The summed E-state index contributed by atoms with van der Waals surface area (Å²) in [6.07, 6.45) is 1.75. The van der Waals surface area contributed by atoms with E-state index in [0.29, 0.717) is 58.6 Å². The van der Waals surface area contributed by atoms with Crippen LogP contribution in [0.25, 0.3) is 5.76 Å². The molecule has 0 amide bonds. The molecule has 0 aromatic heterocycles. The Morgan fingerprint density at radius 1 is 1.03 bits per heavy atom. The van der Waals surface area contributed by atoms with E-state index in [4.69, 9.17) is 4.84 Å². The number of aliphatic hydroxyl groups excluding tert-OH is 1. The molecule has 1 aliphatic carbocycles. The summed E-state index contributed by atoms with van der Waals surface area (Å²) in [4.78, 5) is 22.8. The topological polar surface area (TPSA) is 105 Å². The van der Waals surface area contributed by atoms with E-state index in [2.05, 4.69) is 10.1 Å². The normalized spacial score (nSPS) is 21.5. The zero-order chi connectivity index (χ0) is 24.6. The molecule has 1 fully saturated rings. The Hall–Kier alpha value is -3.26. The first-order valence-electron chi connectivity index (χ1n) is 11.2. The lowest BCUT2D eigenvalue weighted by atomic mass is 9.86. The minimum Gasteiger partial charge on any atom is -0.506 e. The molecule has 2 aromatic rings. The zero-order valence-corrected chi connectivity index (χ0v) is 20.6. The van der Waals surface area contributed by atoms with Crippen LogP contribution in [0.15, 0.2) is 50.9 Å². The monoisotopic (exact) mass is 480 g/mol. The van der Waals surface area contributed by atoms with Gasteiger partial charge >= 0.3 is 0 Å². The Kier molecular flexibility index (Phi) is 6.45. The number of hydrogen-bond donors (Lipinski definition) is 1. The number of rotatable bonds is 3. The fourth-order valence-electron chi connectivity index (χ4n) is 4.66. The summed E-state index contributed by atoms with van der Waals surface area (Å²) >= 11 is 0. The summed E-state index contributed by atoms with van der Waals surface area (Å²) in [5.74, 6) is -0.415. The molecule has 178 valence electrons. The highest BCUT2D eigenvalue weighted by Crippen LogP contribution is 2.37. The van der Waals surface area contributed by atoms with Crippen molar-refractivity contribution in [2.75, 3.05) is 12.9 Å². The third kappa shape index (κ3) is 4.30. The lowest BCUT2D eigenvalue weighted by Gasteiger charge is -2.25. The second-order valence-electron chi connectivity index (χ2n) is 8.75. The van der Waals surface area contributed by atoms with Crippen molar-refractivity contribution in [3.63, 3.8) is 0 Å². The molecule has 0 saturated heterocycles. The van der Waals surface area contributed by atoms with Crippen molar-refractivity contribution in [2.45, 2.75) is 51.3 Å². The predicted octanol–water partition coefficient (Wildman–Crippen LogP) is 4.93. The number of sulfone groups is 1. The molecule has 0 spiro atoms. The smallest absolute Gasteiger partial charge is 0.179 e. The number of hydrogen-bond acceptors (Lipinski definition) is 7. The van der Waals surface area contributed by atoms with Gasteiger partial charge in [0.15, 0.2) is 15.6 Å². The summed E-state index contributed by atoms with van der Waals surface area (Å²) in [5, 5.41) is 15.5. The zero-order valence-electron chi connectivity index (χ0n) is 19.8. The molecular weight excluding hydrogens is 452 g/mol. The molecule has 7 nitrogen and oxygen atoms in total. The van der Waals surface area contributed by atoms with E-state index in [1.165, 1.54) is 7.11 Å². The number of carbonyl (C=O) groups excluding carboxylic acids is 1. The van der Waals surface area contributed by atoms with E-state index < -0.39 is 9.84 Å². The fourth-order valence-corrected chi connectivity index (χ4v) is 6.46. The number of aryl methyl sites for hydroxylation is 2. The third-order valence-corrected chi connectivity index (χ3v) is 8.20. The van der Waals surface area contributed by atoms with Gasteiger partial charge in [-0.25, -0.2) is 8.42 Å². The molecule has 1 saturated carbocycles. The van der Waals surface area contributed by atoms with Crippen molar-refractivity contribution >= 4 is 38.5 Å². The van der Waals surface area contributed by atoms with Gasteiger partial charge in [-0.05, 0) is 62.9 Å². The summed E-state index contributed by atoms with van der Waals surface area (Å²) in [5.41, 5.74) is 4.92. The van der Waals surface area contributed by atoms with Gasteiger partial charge in [0.2, 0.25) is 0 Å². The molecule has 1 aliphatic heterocycles. The summed E-state index contributed by atoms with van der Waals surface area (Å²) < 4.78 is 25.7. The maximum atomic E-state index is 13.0. The van der Waals surface area contributed by atoms with Gasteiger partial charge in [-0.1, -0.05) is 22.9 Å². The number of carbonyl (C=O) groups is 1. The van der Waals surface area contributed by atoms with Crippen LogP contribution in [0.4, 0.5) is 5.69 Å². The lowest BCUT2D eigenvalue weighted by Crippen LogP contribution is -2.26. The van der Waals surface area contributed by atoms with Crippen LogP contribution >= 0.6 is 0 Å². The number of aliphatic hydroxyl groups is 1. The molecule has 0 bridgehead atoms. The molecular formula is C26H28N2O5S. The van der Waals surface area contributed by atoms with E-state index in [-0.39, 0.29) is 34.2 Å². The van der Waals surface area contributed by atoms with Gasteiger partial charge in [0, 0.05) is 24.0 Å². The lowest BCUT2D eigenvalue weighted by molar-refractivity contribution is -0.115. The molecule has 34 heavy (non-hydrogen) atoms. The van der Waals surface area contributed by atoms with Crippen LogP contribution < -0.4 is 0 Å². The maximum absolute atomic E-state index is 13.0. The van der Waals surface area contributed by atoms with Crippen LogP contribution in [0.2, 0.25) is 0 Å². The first kappa shape index (κ1) is 23.9. The average molecular weight is 481 g/mol. The van der Waals surface area contributed by atoms with Gasteiger partial charge in [0.05, 0.1) is 33.3 Å². The predicted molar refractivity (Wildman–Crippen MR) is 133 cm³/mol. The Balaban J connectivity index is 1.95. The maximum Gasteiger partial charge on any atom is 0.179 e. The van der Waals surface area contributed by atoms with Gasteiger partial charge in [-0.3, -0.25) is 9.79 Å². The highest BCUT2D eigenvalue weighted by molar-refractivity contribution is 7.91. The average Bonchev–Trinajstić information content (AvgIpc) is 2.78. The molecule has 2 aromatic carbocycles. The first-order chi connectivity index (χ1) is 16.1. The Morgan fingerprint density at radius 3 is 2.41 bits per heavy atom. The number of benzene rings is 2. The number of oxime groups is 1. The van der Waals surface area contributed by atoms with Crippen LogP contribution in [0.3, 0.4) is 0 Å². The number of aliphatic imine (C=N–C) groups is 1. The molecule has 0 radical (unpaired) electrons. The molecule has 0 unspecified atom stereocenters. The van der Waals surface area contributed by atoms with Gasteiger partial charge in [0.1, 0.15) is 12.9 Å². The van der Waals surface area contributed by atoms with Crippen LogP contribution in [0.5, 0.6) is 0 Å². The number of Topliss-reactive ketones (excluding diaryl/α,β-unsaturated/α-hetero) is 1. The Morgan fingerprint density at radius 2 is 1.74 bits per heavy atom. The van der Waals surface area contributed by atoms with Gasteiger partial charge in [0.25, 0.3) is 0 Å². The van der Waals surface area contributed by atoms with E-state index in [9.17, 15) is 18.3 Å². The second kappa shape index (κ2) is 9.18. The molecule has 1 heterocycles. The van der Waals surface area contributed by atoms with Crippen molar-refractivity contribution in [1.82, 2.24) is 0 Å². The molecule has 0 atom stereocenters. The van der Waals surface area contributed by atoms with Crippen molar-refractivity contribution in [1.29, 1.82) is 0 Å². The van der Waals surface area contributed by atoms with E-state index >= 15 is 0 Å². The van der Waals surface area contributed by atoms with Crippen LogP contribution in [-0.2, 0) is 19.5 Å². The molecule has 8 heteroatoms. The molecule has 2 aliphatic rings. The van der Waals surface area contributed by atoms with Gasteiger partial charge in [-0.15, -0.1) is 0 Å². The molecule has 1 N–H and O–H groups in total. The standard InChI is InChI=1S/C26H28N2O5S/c1-15-8-10-18(11-9-15)27-20-6-5-7-22(29)24(20)25(30)19-14-16(2)26-23(17(19)3)21(28-33-4)12-13-34(26,31)32/h8-11,14,30H,5-7,12-13H2,1-4H3/b25-24?,27-20?,28-21+. The van der Waals surface area contributed by atoms with Gasteiger partial charge < -0.3 is 9.94 Å². The van der Waals surface area contributed by atoms with Crippen molar-refractivity contribution < 1.29 is 23.2 Å². The SMILES string of the molecule is CO/N=C1\CCS(=O)(=O)c2c(C)cc(C(O)=C3C(=O)CCCC3=Nc3ccc(C)cc3)c(C)c21. The van der Waals surface area contributed by atoms with E-state index in [0.717, 1.165) is 5.56 Å². The largest absolute Gasteiger partial charge is 0.506 e. The van der Waals surface area contributed by atoms with Crippen LogP contribution in [-0.4, -0.2) is 43.6 Å².